The quantitative estimate of drug-likeness (QED) is 0.654. The van der Waals surface area contributed by atoms with Gasteiger partial charge in [-0.1, -0.05) is 0 Å². The van der Waals surface area contributed by atoms with Gasteiger partial charge in [-0.2, -0.15) is 9.65 Å². The van der Waals surface area contributed by atoms with E-state index in [2.05, 4.69) is 0 Å². The summed E-state index contributed by atoms with van der Waals surface area (Å²) in [5, 5.41) is 18.6. The summed E-state index contributed by atoms with van der Waals surface area (Å²) in [5.74, 6) is -3.71. The molecule has 0 atom stereocenters. The van der Waals surface area contributed by atoms with E-state index in [-0.39, 0.29) is 6.07 Å². The minimum Gasteiger partial charge on any atom is -0.279 e. The second-order valence-electron chi connectivity index (χ2n) is 3.06. The molecule has 0 unspecified atom stereocenters. The fraction of sp³-hybridized carbons (Fsp3) is 0.125. The van der Waals surface area contributed by atoms with Crippen LogP contribution in [0.3, 0.4) is 0 Å². The molecule has 96 valence electrons. The van der Waals surface area contributed by atoms with Crippen molar-refractivity contribution in [2.75, 3.05) is 10.5 Å². The van der Waals surface area contributed by atoms with Crippen LogP contribution in [0.15, 0.2) is 12.1 Å². The third-order valence-corrected chi connectivity index (χ3v) is 2.79. The van der Waals surface area contributed by atoms with Crippen LogP contribution < -0.4 is 4.72 Å². The predicted octanol–water partition coefficient (Wildman–Crippen LogP) is 1.14. The van der Waals surface area contributed by atoms with Crippen LogP contribution in [0.1, 0.15) is 0 Å². The third kappa shape index (κ3) is 3.11. The molecule has 0 aliphatic carbocycles. The van der Waals surface area contributed by atoms with E-state index in [9.17, 15) is 27.3 Å². The van der Waals surface area contributed by atoms with Gasteiger partial charge in [-0.05, 0) is 0 Å². The highest BCUT2D eigenvalue weighted by molar-refractivity contribution is 7.92. The van der Waals surface area contributed by atoms with Crippen LogP contribution >= 0.6 is 0 Å². The van der Waals surface area contributed by atoms with E-state index in [0.717, 1.165) is 0 Å². The number of nitrogens with zero attached hydrogens (tertiary/aromatic N) is 2. The lowest BCUT2D eigenvalue weighted by Crippen LogP contribution is -2.16. The Morgan fingerprint density at radius 3 is 2.50 bits per heavy atom. The van der Waals surface area contributed by atoms with Gasteiger partial charge in [0.1, 0.15) is 0 Å². The van der Waals surface area contributed by atoms with Gasteiger partial charge in [0.2, 0.25) is 15.8 Å². The molecule has 1 aromatic carbocycles. The van der Waals surface area contributed by atoms with E-state index in [4.69, 9.17) is 5.26 Å². The number of anilines is 1. The number of nitro groups is 1. The van der Waals surface area contributed by atoms with Gasteiger partial charge in [0.05, 0.1) is 16.7 Å². The van der Waals surface area contributed by atoms with Crippen molar-refractivity contribution in [2.45, 2.75) is 0 Å². The topological polar surface area (TPSA) is 113 Å². The molecule has 0 fully saturated rings. The Labute approximate surface area is 99.8 Å². The van der Waals surface area contributed by atoms with Gasteiger partial charge in [0.25, 0.3) is 0 Å². The van der Waals surface area contributed by atoms with Crippen LogP contribution in [-0.4, -0.2) is 19.1 Å². The zero-order valence-corrected chi connectivity index (χ0v) is 9.37. The minimum absolute atomic E-state index is 0.183. The Bertz CT molecular complexity index is 638. The normalized spacial score (nSPS) is 10.7. The molecule has 0 spiro atoms. The van der Waals surface area contributed by atoms with E-state index in [1.54, 1.807) is 4.72 Å². The standard InChI is InChI=1S/C8H5F2N3O4S/c9-5-3-6(10)8(13(14)15)4-7(5)12-18(16,17)2-1-11/h3-4,12H,2H2. The summed E-state index contributed by atoms with van der Waals surface area (Å²) >= 11 is 0. The van der Waals surface area contributed by atoms with E-state index in [0.29, 0.717) is 6.07 Å². The number of sulfonamides is 1. The van der Waals surface area contributed by atoms with Gasteiger partial charge in [0.15, 0.2) is 11.6 Å². The number of nitriles is 1. The van der Waals surface area contributed by atoms with Crippen molar-refractivity contribution in [1.82, 2.24) is 0 Å². The Hall–Kier alpha value is -2.28. The number of benzene rings is 1. The summed E-state index contributed by atoms with van der Waals surface area (Å²) in [6.07, 6.45) is 0. The van der Waals surface area contributed by atoms with Gasteiger partial charge < -0.3 is 0 Å². The lowest BCUT2D eigenvalue weighted by Gasteiger charge is -2.06. The molecule has 0 saturated carbocycles. The summed E-state index contributed by atoms with van der Waals surface area (Å²) < 4.78 is 50.1. The zero-order valence-electron chi connectivity index (χ0n) is 8.55. The number of hydrogen-bond acceptors (Lipinski definition) is 5. The van der Waals surface area contributed by atoms with E-state index in [1.807, 2.05) is 0 Å². The molecule has 0 aliphatic heterocycles. The molecular weight excluding hydrogens is 272 g/mol. The molecular formula is C8H5F2N3O4S. The van der Waals surface area contributed by atoms with Crippen molar-refractivity contribution in [2.24, 2.45) is 0 Å². The van der Waals surface area contributed by atoms with Crippen LogP contribution in [-0.2, 0) is 10.0 Å². The Morgan fingerprint density at radius 2 is 2.00 bits per heavy atom. The molecule has 1 N–H and O–H groups in total. The molecule has 0 heterocycles. The summed E-state index contributed by atoms with van der Waals surface area (Å²) in [6.45, 7) is 0. The molecule has 0 aromatic heterocycles. The second kappa shape index (κ2) is 4.92. The first-order chi connectivity index (χ1) is 8.26. The van der Waals surface area contributed by atoms with Crippen molar-refractivity contribution < 1.29 is 22.1 Å². The van der Waals surface area contributed by atoms with E-state index < -0.39 is 43.7 Å². The monoisotopic (exact) mass is 277 g/mol. The molecule has 18 heavy (non-hydrogen) atoms. The molecule has 1 aromatic rings. The smallest absolute Gasteiger partial charge is 0.279 e. The highest BCUT2D eigenvalue weighted by atomic mass is 32.2. The van der Waals surface area contributed by atoms with Gasteiger partial charge in [-0.15, -0.1) is 0 Å². The Kier molecular flexibility index (Phi) is 3.77. The zero-order chi connectivity index (χ0) is 13.9. The van der Waals surface area contributed by atoms with E-state index in [1.165, 1.54) is 6.07 Å². The fourth-order valence-electron chi connectivity index (χ4n) is 1.04. The first-order valence-electron chi connectivity index (χ1n) is 4.27. The summed E-state index contributed by atoms with van der Waals surface area (Å²) in [7, 11) is -4.16. The van der Waals surface area contributed by atoms with Crippen molar-refractivity contribution in [3.8, 4) is 6.07 Å². The van der Waals surface area contributed by atoms with Gasteiger partial charge in [-0.25, -0.2) is 12.8 Å². The lowest BCUT2D eigenvalue weighted by molar-refractivity contribution is -0.387. The molecule has 1 rings (SSSR count). The molecule has 0 saturated heterocycles. The first kappa shape index (κ1) is 13.8. The Balaban J connectivity index is 3.23. The van der Waals surface area contributed by atoms with Crippen LogP contribution in [0.25, 0.3) is 0 Å². The first-order valence-corrected chi connectivity index (χ1v) is 5.93. The SMILES string of the molecule is N#CCS(=O)(=O)Nc1cc([N+](=O)[O-])c(F)cc1F. The molecule has 0 aliphatic rings. The van der Waals surface area contributed by atoms with Gasteiger partial charge in [0, 0.05) is 12.1 Å². The Morgan fingerprint density at radius 1 is 1.39 bits per heavy atom. The molecule has 10 heteroatoms. The highest BCUT2D eigenvalue weighted by Crippen LogP contribution is 2.25. The highest BCUT2D eigenvalue weighted by Gasteiger charge is 2.21. The van der Waals surface area contributed by atoms with Crippen LogP contribution in [0.4, 0.5) is 20.2 Å². The van der Waals surface area contributed by atoms with Crippen molar-refractivity contribution >= 4 is 21.4 Å². The molecule has 7 nitrogen and oxygen atoms in total. The average Bonchev–Trinajstić information content (AvgIpc) is 2.21. The molecule has 0 bridgehead atoms. The number of halogens is 2. The fourth-order valence-corrected chi connectivity index (χ4v) is 1.78. The maximum absolute atomic E-state index is 13.2. The number of nitro benzene ring substituents is 1. The molecule has 0 amide bonds. The van der Waals surface area contributed by atoms with E-state index >= 15 is 0 Å². The van der Waals surface area contributed by atoms with Gasteiger partial charge in [-0.3, -0.25) is 14.8 Å². The summed E-state index contributed by atoms with van der Waals surface area (Å²) in [4.78, 5) is 9.26. The number of hydrogen-bond donors (Lipinski definition) is 1. The van der Waals surface area contributed by atoms with Crippen LogP contribution in [0.5, 0.6) is 0 Å². The largest absolute Gasteiger partial charge is 0.307 e. The minimum atomic E-state index is -4.16. The lowest BCUT2D eigenvalue weighted by atomic mass is 10.2. The van der Waals surface area contributed by atoms with Gasteiger partial charge >= 0.3 is 5.69 Å². The maximum atomic E-state index is 13.2. The van der Waals surface area contributed by atoms with Crippen molar-refractivity contribution in [3.63, 3.8) is 0 Å². The molecule has 0 radical (unpaired) electrons. The van der Waals surface area contributed by atoms with Crippen LogP contribution in [0.2, 0.25) is 0 Å². The second-order valence-corrected chi connectivity index (χ2v) is 4.78. The van der Waals surface area contributed by atoms with Crippen molar-refractivity contribution in [1.29, 1.82) is 5.26 Å². The third-order valence-electron chi connectivity index (χ3n) is 1.75. The number of nitrogens with one attached hydrogen (secondary N) is 1. The van der Waals surface area contributed by atoms with Crippen LogP contribution in [0, 0.1) is 33.1 Å². The number of rotatable bonds is 4. The maximum Gasteiger partial charge on any atom is 0.307 e. The summed E-state index contributed by atoms with van der Waals surface area (Å²) in [6, 6.07) is 1.90. The van der Waals surface area contributed by atoms with Crippen molar-refractivity contribution in [3.05, 3.63) is 33.9 Å². The summed E-state index contributed by atoms with van der Waals surface area (Å²) in [5.41, 5.74) is -1.87. The average molecular weight is 277 g/mol. The predicted molar refractivity (Wildman–Crippen MR) is 56.0 cm³/mol.